The Hall–Kier alpha value is -1.41. The van der Waals surface area contributed by atoms with Crippen LogP contribution in [0.1, 0.15) is 27.7 Å². The molecule has 0 amide bonds. The van der Waals surface area contributed by atoms with Crippen molar-refractivity contribution in [2.24, 2.45) is 0 Å². The molecule has 0 saturated carbocycles. The van der Waals surface area contributed by atoms with Gasteiger partial charge in [-0.2, -0.15) is 0 Å². The summed E-state index contributed by atoms with van der Waals surface area (Å²) < 4.78 is 0. The summed E-state index contributed by atoms with van der Waals surface area (Å²) in [6.07, 6.45) is 3.72. The van der Waals surface area contributed by atoms with Crippen LogP contribution >= 0.6 is 0 Å². The van der Waals surface area contributed by atoms with Gasteiger partial charge in [-0.25, -0.2) is 9.59 Å². The lowest BCUT2D eigenvalue weighted by Gasteiger charge is -2.09. The molecule has 100 valence electrons. The van der Waals surface area contributed by atoms with E-state index in [9.17, 15) is 19.8 Å². The second-order valence-electron chi connectivity index (χ2n) is 4.19. The van der Waals surface area contributed by atoms with E-state index in [1.807, 2.05) is 39.8 Å². The molecule has 0 spiro atoms. The summed E-state index contributed by atoms with van der Waals surface area (Å²) in [7, 11) is -2.34. The standard InChI is InChI=1S/C12H20O4Si2/c1-5-7(3)17-9(11(13)14)10(12(15)16)18-8(4)6-2/h5-6H,17-18H2,1-4H3,(H,13,14)(H,15,16). The van der Waals surface area contributed by atoms with Crippen LogP contribution in [0.5, 0.6) is 0 Å². The second-order valence-corrected chi connectivity index (χ2v) is 8.54. The van der Waals surface area contributed by atoms with E-state index in [1.165, 1.54) is 0 Å². The molecular weight excluding hydrogens is 264 g/mol. The summed E-state index contributed by atoms with van der Waals surface area (Å²) in [5.74, 6) is -2.15. The SMILES string of the molecule is CC=C(C)[SiH2]C(C(=O)O)=C([SiH2]C(C)=CC)C(=O)O. The van der Waals surface area contributed by atoms with Crippen molar-refractivity contribution >= 4 is 31.0 Å². The number of carbonyl (C=O) groups is 2. The maximum Gasteiger partial charge on any atom is 0.327 e. The van der Waals surface area contributed by atoms with Gasteiger partial charge in [-0.15, -0.1) is 0 Å². The Morgan fingerprint density at radius 1 is 0.833 bits per heavy atom. The summed E-state index contributed by atoms with van der Waals surface area (Å²) >= 11 is 0. The number of carboxylic acid groups (broad SMARTS) is 2. The number of hydrogen-bond donors (Lipinski definition) is 2. The van der Waals surface area contributed by atoms with Crippen molar-refractivity contribution in [3.05, 3.63) is 32.9 Å². The van der Waals surface area contributed by atoms with Crippen LogP contribution in [0, 0.1) is 0 Å². The molecule has 2 N–H and O–H groups in total. The zero-order chi connectivity index (χ0) is 14.3. The molecule has 18 heavy (non-hydrogen) atoms. The first-order chi connectivity index (χ1) is 8.33. The summed E-state index contributed by atoms with van der Waals surface area (Å²) in [6.45, 7) is 7.41. The van der Waals surface area contributed by atoms with Crippen molar-refractivity contribution < 1.29 is 19.8 Å². The summed E-state index contributed by atoms with van der Waals surface area (Å²) in [4.78, 5) is 22.5. The zero-order valence-electron chi connectivity index (χ0n) is 11.3. The summed E-state index contributed by atoms with van der Waals surface area (Å²) in [5.41, 5.74) is 0. The first kappa shape index (κ1) is 16.6. The highest BCUT2D eigenvalue weighted by molar-refractivity contribution is 6.69. The van der Waals surface area contributed by atoms with Crippen LogP contribution in [0.15, 0.2) is 32.9 Å². The van der Waals surface area contributed by atoms with Gasteiger partial charge < -0.3 is 10.2 Å². The molecule has 0 aliphatic heterocycles. The highest BCUT2D eigenvalue weighted by Gasteiger charge is 2.20. The van der Waals surface area contributed by atoms with Crippen LogP contribution in [0.4, 0.5) is 0 Å². The number of aliphatic carboxylic acids is 2. The molecular formula is C12H20O4Si2. The van der Waals surface area contributed by atoms with E-state index in [2.05, 4.69) is 0 Å². The molecule has 0 aromatic carbocycles. The van der Waals surface area contributed by atoms with Gasteiger partial charge in [0.25, 0.3) is 0 Å². The first-order valence-corrected chi connectivity index (χ1v) is 8.58. The van der Waals surface area contributed by atoms with Gasteiger partial charge in [0, 0.05) is 10.4 Å². The van der Waals surface area contributed by atoms with Gasteiger partial charge in [-0.1, -0.05) is 22.5 Å². The minimum atomic E-state index is -1.17. The Morgan fingerprint density at radius 3 is 1.28 bits per heavy atom. The summed E-state index contributed by atoms with van der Waals surface area (Å²) in [5, 5.41) is 20.7. The molecule has 0 saturated heterocycles. The van der Waals surface area contributed by atoms with Crippen LogP contribution in [-0.2, 0) is 9.59 Å². The molecule has 0 aromatic rings. The van der Waals surface area contributed by atoms with Crippen LogP contribution in [-0.4, -0.2) is 41.2 Å². The average Bonchev–Trinajstić information content (AvgIpc) is 2.31. The molecule has 0 bridgehead atoms. The van der Waals surface area contributed by atoms with Gasteiger partial charge in [0.05, 0.1) is 19.0 Å². The quantitative estimate of drug-likeness (QED) is 0.552. The Labute approximate surface area is 112 Å². The van der Waals surface area contributed by atoms with E-state index >= 15 is 0 Å². The van der Waals surface area contributed by atoms with Gasteiger partial charge in [0.1, 0.15) is 0 Å². The molecule has 0 rings (SSSR count). The van der Waals surface area contributed by atoms with Crippen molar-refractivity contribution in [3.63, 3.8) is 0 Å². The van der Waals surface area contributed by atoms with E-state index in [0.29, 0.717) is 0 Å². The van der Waals surface area contributed by atoms with Gasteiger partial charge in [-0.05, 0) is 27.7 Å². The lowest BCUT2D eigenvalue weighted by molar-refractivity contribution is -0.134. The van der Waals surface area contributed by atoms with Crippen molar-refractivity contribution in [1.29, 1.82) is 0 Å². The smallest absolute Gasteiger partial charge is 0.327 e. The van der Waals surface area contributed by atoms with E-state index in [0.717, 1.165) is 10.4 Å². The Bertz CT molecular complexity index is 393. The largest absolute Gasteiger partial charge is 0.478 e. The van der Waals surface area contributed by atoms with Crippen molar-refractivity contribution in [2.45, 2.75) is 27.7 Å². The van der Waals surface area contributed by atoms with Crippen LogP contribution in [0.3, 0.4) is 0 Å². The molecule has 0 aliphatic carbocycles. The van der Waals surface area contributed by atoms with Crippen molar-refractivity contribution in [2.75, 3.05) is 0 Å². The number of hydrogen-bond acceptors (Lipinski definition) is 2. The monoisotopic (exact) mass is 284 g/mol. The average molecular weight is 284 g/mol. The molecule has 4 nitrogen and oxygen atoms in total. The Morgan fingerprint density at radius 2 is 1.11 bits per heavy atom. The minimum Gasteiger partial charge on any atom is -0.478 e. The van der Waals surface area contributed by atoms with Crippen LogP contribution in [0.2, 0.25) is 0 Å². The lowest BCUT2D eigenvalue weighted by Crippen LogP contribution is -2.21. The molecule has 0 heterocycles. The molecule has 0 atom stereocenters. The number of carboxylic acids is 2. The molecule has 0 fully saturated rings. The van der Waals surface area contributed by atoms with E-state index in [1.54, 1.807) is 0 Å². The third kappa shape index (κ3) is 5.28. The highest BCUT2D eigenvalue weighted by atomic mass is 28.2. The summed E-state index contributed by atoms with van der Waals surface area (Å²) in [6, 6.07) is 0. The maximum atomic E-state index is 11.3. The van der Waals surface area contributed by atoms with Gasteiger partial charge in [0.2, 0.25) is 0 Å². The second kappa shape index (κ2) is 7.83. The lowest BCUT2D eigenvalue weighted by atomic mass is 10.5. The molecule has 0 aromatic heterocycles. The maximum absolute atomic E-state index is 11.3. The molecule has 0 unspecified atom stereocenters. The third-order valence-corrected chi connectivity index (χ3v) is 7.37. The zero-order valence-corrected chi connectivity index (χ0v) is 14.1. The van der Waals surface area contributed by atoms with Gasteiger partial charge in [-0.3, -0.25) is 0 Å². The third-order valence-electron chi connectivity index (χ3n) is 2.78. The minimum absolute atomic E-state index is 0.158. The van der Waals surface area contributed by atoms with Crippen LogP contribution < -0.4 is 0 Å². The fraction of sp³-hybridized carbons (Fsp3) is 0.333. The van der Waals surface area contributed by atoms with Gasteiger partial charge in [0.15, 0.2) is 0 Å². The normalized spacial score (nSPS) is 15.6. The molecule has 6 heteroatoms. The fourth-order valence-electron chi connectivity index (χ4n) is 1.38. The topological polar surface area (TPSA) is 74.6 Å². The van der Waals surface area contributed by atoms with Gasteiger partial charge >= 0.3 is 11.9 Å². The van der Waals surface area contributed by atoms with E-state index in [-0.39, 0.29) is 10.4 Å². The first-order valence-electron chi connectivity index (χ1n) is 5.75. The number of allylic oxidation sites excluding steroid dienone is 4. The fourth-order valence-corrected chi connectivity index (χ4v) is 4.69. The Balaban J connectivity index is 5.58. The highest BCUT2D eigenvalue weighted by Crippen LogP contribution is 2.10. The predicted molar refractivity (Wildman–Crippen MR) is 78.2 cm³/mol. The Kier molecular flexibility index (Phi) is 7.22. The number of rotatable bonds is 6. The van der Waals surface area contributed by atoms with E-state index in [4.69, 9.17) is 0 Å². The molecule has 0 aliphatic rings. The van der Waals surface area contributed by atoms with Crippen molar-refractivity contribution in [3.8, 4) is 0 Å². The predicted octanol–water partition coefficient (Wildman–Crippen LogP) is 0.552. The molecule has 0 radical (unpaired) electrons. The van der Waals surface area contributed by atoms with Crippen LogP contribution in [0.25, 0.3) is 0 Å². The van der Waals surface area contributed by atoms with E-state index < -0.39 is 31.0 Å². The van der Waals surface area contributed by atoms with Crippen molar-refractivity contribution in [1.82, 2.24) is 0 Å².